The quantitative estimate of drug-likeness (QED) is 0.863. The molecule has 0 radical (unpaired) electrons. The van der Waals surface area contributed by atoms with E-state index in [1.165, 1.54) is 6.07 Å². The largest absolute Gasteiger partial charge is 0.324 e. The number of benzene rings is 2. The molecule has 0 aliphatic rings. The van der Waals surface area contributed by atoms with Gasteiger partial charge in [-0.05, 0) is 41.3 Å². The van der Waals surface area contributed by atoms with Crippen molar-refractivity contribution in [3.8, 4) is 11.1 Å². The molecule has 0 saturated heterocycles. The highest BCUT2D eigenvalue weighted by molar-refractivity contribution is 6.31. The molecule has 1 atom stereocenters. The average Bonchev–Trinajstić information content (AvgIpc) is 2.41. The third kappa shape index (κ3) is 2.71. The van der Waals surface area contributed by atoms with Crippen LogP contribution in [0.15, 0.2) is 42.5 Å². The Kier molecular flexibility index (Phi) is 4.00. The van der Waals surface area contributed by atoms with E-state index >= 15 is 0 Å². The van der Waals surface area contributed by atoms with Crippen LogP contribution in [-0.4, -0.2) is 0 Å². The first-order valence-corrected chi connectivity index (χ1v) is 6.30. The van der Waals surface area contributed by atoms with Crippen molar-refractivity contribution in [2.45, 2.75) is 19.4 Å². The van der Waals surface area contributed by atoms with E-state index in [-0.39, 0.29) is 11.1 Å². The minimum atomic E-state index is -0.401. The summed E-state index contributed by atoms with van der Waals surface area (Å²) in [6.07, 6.45) is 0.883. The smallest absolute Gasteiger partial charge is 0.141 e. The van der Waals surface area contributed by atoms with Crippen LogP contribution in [0.3, 0.4) is 0 Å². The maximum Gasteiger partial charge on any atom is 0.141 e. The Labute approximate surface area is 111 Å². The zero-order chi connectivity index (χ0) is 13.1. The van der Waals surface area contributed by atoms with Gasteiger partial charge in [0.1, 0.15) is 5.82 Å². The van der Waals surface area contributed by atoms with Crippen LogP contribution in [0.5, 0.6) is 0 Å². The number of hydrogen-bond donors (Lipinski definition) is 1. The monoisotopic (exact) mass is 263 g/mol. The Morgan fingerprint density at radius 1 is 1.17 bits per heavy atom. The van der Waals surface area contributed by atoms with E-state index in [2.05, 4.69) is 0 Å². The van der Waals surface area contributed by atoms with E-state index in [9.17, 15) is 4.39 Å². The lowest BCUT2D eigenvalue weighted by Crippen LogP contribution is -2.08. The first-order valence-electron chi connectivity index (χ1n) is 5.92. The maximum absolute atomic E-state index is 13.1. The molecule has 2 aromatic rings. The van der Waals surface area contributed by atoms with Crippen LogP contribution in [0.4, 0.5) is 4.39 Å². The summed E-state index contributed by atoms with van der Waals surface area (Å²) in [5.74, 6) is -0.401. The van der Waals surface area contributed by atoms with Gasteiger partial charge >= 0.3 is 0 Å². The second-order valence-corrected chi connectivity index (χ2v) is 4.68. The van der Waals surface area contributed by atoms with Gasteiger partial charge in [0.2, 0.25) is 0 Å². The van der Waals surface area contributed by atoms with Crippen molar-refractivity contribution < 1.29 is 4.39 Å². The van der Waals surface area contributed by atoms with E-state index in [0.717, 1.165) is 23.1 Å². The highest BCUT2D eigenvalue weighted by Gasteiger charge is 2.07. The van der Waals surface area contributed by atoms with Gasteiger partial charge in [-0.15, -0.1) is 0 Å². The summed E-state index contributed by atoms with van der Waals surface area (Å²) in [6, 6.07) is 12.7. The Balaban J connectivity index is 2.41. The predicted octanol–water partition coefficient (Wildman–Crippen LogP) is 4.56. The molecule has 0 amide bonds. The van der Waals surface area contributed by atoms with Gasteiger partial charge in [0.15, 0.2) is 0 Å². The summed E-state index contributed by atoms with van der Waals surface area (Å²) in [5, 5.41) is 0.137. The second-order valence-electron chi connectivity index (χ2n) is 4.27. The summed E-state index contributed by atoms with van der Waals surface area (Å²) >= 11 is 5.79. The standard InChI is InChI=1S/C15H15ClFN/c1-2-15(18)12-5-3-4-10(8-12)11-6-7-14(17)13(16)9-11/h3-9,15H,2,18H2,1H3. The number of halogens is 2. The number of nitrogens with two attached hydrogens (primary N) is 1. The van der Waals surface area contributed by atoms with Gasteiger partial charge in [-0.2, -0.15) is 0 Å². The molecule has 0 saturated carbocycles. The van der Waals surface area contributed by atoms with E-state index in [0.29, 0.717) is 0 Å². The fourth-order valence-electron chi connectivity index (χ4n) is 1.86. The Morgan fingerprint density at radius 2 is 1.89 bits per heavy atom. The van der Waals surface area contributed by atoms with Gasteiger partial charge in [0.05, 0.1) is 5.02 Å². The van der Waals surface area contributed by atoms with E-state index in [1.807, 2.05) is 31.2 Å². The summed E-state index contributed by atoms with van der Waals surface area (Å²) in [5.41, 5.74) is 8.98. The molecule has 0 fully saturated rings. The molecule has 2 N–H and O–H groups in total. The van der Waals surface area contributed by atoms with Crippen molar-refractivity contribution >= 4 is 11.6 Å². The van der Waals surface area contributed by atoms with Crippen LogP contribution in [0.25, 0.3) is 11.1 Å². The molecule has 0 bridgehead atoms. The van der Waals surface area contributed by atoms with Crippen molar-refractivity contribution in [1.29, 1.82) is 0 Å². The van der Waals surface area contributed by atoms with E-state index in [1.54, 1.807) is 12.1 Å². The van der Waals surface area contributed by atoms with Crippen LogP contribution in [0, 0.1) is 5.82 Å². The second kappa shape index (κ2) is 5.51. The van der Waals surface area contributed by atoms with Gasteiger partial charge in [0, 0.05) is 6.04 Å². The van der Waals surface area contributed by atoms with Crippen LogP contribution in [-0.2, 0) is 0 Å². The lowest BCUT2D eigenvalue weighted by molar-refractivity contribution is 0.628. The van der Waals surface area contributed by atoms with Gasteiger partial charge in [-0.3, -0.25) is 0 Å². The molecule has 0 aromatic heterocycles. The molecule has 94 valence electrons. The third-order valence-corrected chi connectivity index (χ3v) is 3.30. The average molecular weight is 264 g/mol. The SMILES string of the molecule is CCC(N)c1cccc(-c2ccc(F)c(Cl)c2)c1. The molecule has 18 heavy (non-hydrogen) atoms. The Bertz CT molecular complexity index is 554. The topological polar surface area (TPSA) is 26.0 Å². The number of rotatable bonds is 3. The van der Waals surface area contributed by atoms with E-state index < -0.39 is 5.82 Å². The third-order valence-electron chi connectivity index (χ3n) is 3.01. The van der Waals surface area contributed by atoms with Crippen molar-refractivity contribution in [2.75, 3.05) is 0 Å². The molecule has 3 heteroatoms. The van der Waals surface area contributed by atoms with Gasteiger partial charge < -0.3 is 5.73 Å². The molecule has 0 aliphatic heterocycles. The highest BCUT2D eigenvalue weighted by Crippen LogP contribution is 2.27. The Hall–Kier alpha value is -1.38. The van der Waals surface area contributed by atoms with Crippen molar-refractivity contribution in [3.63, 3.8) is 0 Å². The minimum Gasteiger partial charge on any atom is -0.324 e. The summed E-state index contributed by atoms with van der Waals surface area (Å²) in [4.78, 5) is 0. The van der Waals surface area contributed by atoms with Crippen LogP contribution < -0.4 is 5.73 Å². The molecule has 0 aliphatic carbocycles. The molecule has 2 rings (SSSR count). The van der Waals surface area contributed by atoms with Crippen molar-refractivity contribution in [1.82, 2.24) is 0 Å². The lowest BCUT2D eigenvalue weighted by atomic mass is 9.99. The minimum absolute atomic E-state index is 0.0286. The molecule has 1 nitrogen and oxygen atoms in total. The highest BCUT2D eigenvalue weighted by atomic mass is 35.5. The molecular formula is C15H15ClFN. The summed E-state index contributed by atoms with van der Waals surface area (Å²) in [6.45, 7) is 2.05. The molecule has 0 heterocycles. The van der Waals surface area contributed by atoms with Crippen molar-refractivity contribution in [3.05, 3.63) is 58.9 Å². The fourth-order valence-corrected chi connectivity index (χ4v) is 2.04. The first-order chi connectivity index (χ1) is 8.61. The first kappa shape index (κ1) is 13.1. The zero-order valence-corrected chi connectivity index (χ0v) is 10.9. The maximum atomic E-state index is 13.1. The van der Waals surface area contributed by atoms with Gasteiger partial charge in [-0.25, -0.2) is 4.39 Å². The van der Waals surface area contributed by atoms with Crippen LogP contribution in [0.2, 0.25) is 5.02 Å². The summed E-state index contributed by atoms with van der Waals surface area (Å²) < 4.78 is 13.1. The predicted molar refractivity (Wildman–Crippen MR) is 74.1 cm³/mol. The summed E-state index contributed by atoms with van der Waals surface area (Å²) in [7, 11) is 0. The van der Waals surface area contributed by atoms with Gasteiger partial charge in [0.25, 0.3) is 0 Å². The van der Waals surface area contributed by atoms with E-state index in [4.69, 9.17) is 17.3 Å². The normalized spacial score (nSPS) is 12.4. The fraction of sp³-hybridized carbons (Fsp3) is 0.200. The molecular weight excluding hydrogens is 249 g/mol. The van der Waals surface area contributed by atoms with Crippen molar-refractivity contribution in [2.24, 2.45) is 5.73 Å². The van der Waals surface area contributed by atoms with Gasteiger partial charge in [-0.1, -0.05) is 42.8 Å². The lowest BCUT2D eigenvalue weighted by Gasteiger charge is -2.11. The van der Waals surface area contributed by atoms with Crippen LogP contribution in [0.1, 0.15) is 24.9 Å². The number of hydrogen-bond acceptors (Lipinski definition) is 1. The van der Waals surface area contributed by atoms with Crippen LogP contribution >= 0.6 is 11.6 Å². The molecule has 0 spiro atoms. The zero-order valence-electron chi connectivity index (χ0n) is 10.2. The molecule has 2 aromatic carbocycles. The molecule has 1 unspecified atom stereocenters. The Morgan fingerprint density at radius 3 is 2.56 bits per heavy atom.